The van der Waals surface area contributed by atoms with Crippen molar-refractivity contribution in [1.29, 1.82) is 0 Å². The molecule has 0 bridgehead atoms. The van der Waals surface area contributed by atoms with Gasteiger partial charge in [-0.15, -0.1) is 0 Å². The molecule has 1 aliphatic carbocycles. The molecule has 0 heterocycles. The van der Waals surface area contributed by atoms with Gasteiger partial charge in [0.25, 0.3) is 0 Å². The van der Waals surface area contributed by atoms with Crippen LogP contribution in [0.25, 0.3) is 0 Å². The van der Waals surface area contributed by atoms with Crippen LogP contribution in [-0.2, 0) is 4.74 Å². The van der Waals surface area contributed by atoms with Gasteiger partial charge in [0.1, 0.15) is 12.0 Å². The Hall–Kier alpha value is -2.86. The predicted molar refractivity (Wildman–Crippen MR) is 92.4 cm³/mol. The van der Waals surface area contributed by atoms with Crippen LogP contribution in [0.3, 0.4) is 0 Å². The zero-order valence-electron chi connectivity index (χ0n) is 14.0. The Labute approximate surface area is 145 Å². The number of hydrogen-bond donors (Lipinski definition) is 3. The Morgan fingerprint density at radius 2 is 1.64 bits per heavy atom. The van der Waals surface area contributed by atoms with Crippen molar-refractivity contribution in [3.05, 3.63) is 52.6 Å². The molecule has 0 aliphatic heterocycles. The molecule has 6 nitrogen and oxygen atoms in total. The first-order valence-electron chi connectivity index (χ1n) is 8.15. The molecule has 3 rings (SSSR count). The van der Waals surface area contributed by atoms with Crippen LogP contribution in [0.4, 0.5) is 5.69 Å². The number of rotatable bonds is 5. The largest absolute Gasteiger partial charge is 0.507 e. The smallest absolute Gasteiger partial charge is 0.198 e. The number of fused-ring (bicyclic) bond motifs is 2. The summed E-state index contributed by atoms with van der Waals surface area (Å²) >= 11 is 0. The number of carbonyl (C=O) groups is 2. The van der Waals surface area contributed by atoms with E-state index >= 15 is 0 Å². The van der Waals surface area contributed by atoms with Crippen LogP contribution in [0.5, 0.6) is 11.5 Å². The summed E-state index contributed by atoms with van der Waals surface area (Å²) in [5.41, 5.74) is 0.228. The van der Waals surface area contributed by atoms with Crippen LogP contribution in [0, 0.1) is 0 Å². The van der Waals surface area contributed by atoms with Crippen molar-refractivity contribution in [2.75, 3.05) is 11.9 Å². The van der Waals surface area contributed by atoms with Gasteiger partial charge in [-0.05, 0) is 13.3 Å². The number of carbonyl (C=O) groups excluding carboxylic acids is 2. The van der Waals surface area contributed by atoms with E-state index < -0.39 is 17.8 Å². The number of phenols is 2. The Balaban J connectivity index is 2.13. The molecule has 0 aromatic heterocycles. The Bertz CT molecular complexity index is 859. The van der Waals surface area contributed by atoms with E-state index in [1.807, 2.05) is 13.8 Å². The number of aromatic hydroxyl groups is 2. The molecular weight excluding hydrogens is 322 g/mol. The molecule has 0 radical (unpaired) electrons. The topological polar surface area (TPSA) is 95.9 Å². The molecule has 2 aromatic carbocycles. The van der Waals surface area contributed by atoms with E-state index in [1.54, 1.807) is 12.1 Å². The molecule has 0 saturated carbocycles. The first-order valence-corrected chi connectivity index (χ1v) is 8.15. The van der Waals surface area contributed by atoms with Crippen molar-refractivity contribution < 1.29 is 24.5 Å². The van der Waals surface area contributed by atoms with Gasteiger partial charge >= 0.3 is 0 Å². The Kier molecular flexibility index (Phi) is 4.46. The van der Waals surface area contributed by atoms with Gasteiger partial charge in [-0.1, -0.05) is 31.2 Å². The number of hydrogen-bond acceptors (Lipinski definition) is 6. The quantitative estimate of drug-likeness (QED) is 0.375. The van der Waals surface area contributed by atoms with Gasteiger partial charge in [0, 0.05) is 23.8 Å². The van der Waals surface area contributed by atoms with E-state index in [1.165, 1.54) is 18.2 Å². The van der Waals surface area contributed by atoms with Crippen molar-refractivity contribution in [2.45, 2.75) is 26.5 Å². The van der Waals surface area contributed by atoms with Crippen LogP contribution >= 0.6 is 0 Å². The van der Waals surface area contributed by atoms with Crippen LogP contribution in [0.1, 0.15) is 52.1 Å². The maximum Gasteiger partial charge on any atom is 0.198 e. The zero-order chi connectivity index (χ0) is 18.1. The van der Waals surface area contributed by atoms with Crippen molar-refractivity contribution in [2.24, 2.45) is 0 Å². The fourth-order valence-corrected chi connectivity index (χ4v) is 3.00. The molecule has 0 spiro atoms. The zero-order valence-corrected chi connectivity index (χ0v) is 14.0. The lowest BCUT2D eigenvalue weighted by Crippen LogP contribution is -2.24. The minimum Gasteiger partial charge on any atom is -0.507 e. The van der Waals surface area contributed by atoms with Gasteiger partial charge < -0.3 is 20.3 Å². The second-order valence-corrected chi connectivity index (χ2v) is 5.74. The molecule has 2 aromatic rings. The van der Waals surface area contributed by atoms with Gasteiger partial charge in [-0.3, -0.25) is 9.59 Å². The number of anilines is 1. The van der Waals surface area contributed by atoms with E-state index in [-0.39, 0.29) is 39.4 Å². The van der Waals surface area contributed by atoms with Crippen LogP contribution < -0.4 is 5.32 Å². The van der Waals surface area contributed by atoms with Crippen LogP contribution in [-0.4, -0.2) is 34.6 Å². The summed E-state index contributed by atoms with van der Waals surface area (Å²) in [5, 5.41) is 23.9. The van der Waals surface area contributed by atoms with Gasteiger partial charge in [-0.25, -0.2) is 0 Å². The summed E-state index contributed by atoms with van der Waals surface area (Å²) in [4.78, 5) is 25.4. The van der Waals surface area contributed by atoms with Crippen molar-refractivity contribution in [3.63, 3.8) is 0 Å². The van der Waals surface area contributed by atoms with Gasteiger partial charge in [0.05, 0.1) is 16.8 Å². The first-order chi connectivity index (χ1) is 12.0. The number of phenolic OH excluding ortho intramolecular Hbond substituents is 2. The normalized spacial score (nSPS) is 14.0. The van der Waals surface area contributed by atoms with E-state index in [0.29, 0.717) is 13.0 Å². The van der Waals surface area contributed by atoms with Crippen molar-refractivity contribution in [3.8, 4) is 11.5 Å². The number of benzene rings is 2. The molecule has 6 heteroatoms. The van der Waals surface area contributed by atoms with Gasteiger partial charge in [-0.2, -0.15) is 0 Å². The maximum atomic E-state index is 12.8. The fourth-order valence-electron chi connectivity index (χ4n) is 3.00. The monoisotopic (exact) mass is 341 g/mol. The standard InChI is InChI=1S/C19H19NO5/c1-3-14(25-4-2)20-12-9-13(21)15-16(19(12)24)18(23)11-8-6-5-7-10(11)17(15)22/h5-9,14,20-21,24H,3-4H2,1-2H3. The molecule has 0 amide bonds. The summed E-state index contributed by atoms with van der Waals surface area (Å²) in [6.45, 7) is 4.20. The minimum absolute atomic E-state index is 0.150. The lowest BCUT2D eigenvalue weighted by atomic mass is 9.82. The number of ketones is 2. The Morgan fingerprint density at radius 1 is 1.04 bits per heavy atom. The number of nitrogens with one attached hydrogen (secondary N) is 1. The second-order valence-electron chi connectivity index (χ2n) is 5.74. The molecule has 3 N–H and O–H groups in total. The molecule has 0 saturated heterocycles. The molecule has 0 fully saturated rings. The lowest BCUT2D eigenvalue weighted by molar-refractivity contribution is 0.0800. The summed E-state index contributed by atoms with van der Waals surface area (Å²) < 4.78 is 5.48. The summed E-state index contributed by atoms with van der Waals surface area (Å²) in [6, 6.07) is 7.61. The van der Waals surface area contributed by atoms with Gasteiger partial charge in [0.2, 0.25) is 0 Å². The third-order valence-electron chi connectivity index (χ3n) is 4.20. The third-order valence-corrected chi connectivity index (χ3v) is 4.20. The van der Waals surface area contributed by atoms with E-state index in [4.69, 9.17) is 4.74 Å². The average molecular weight is 341 g/mol. The van der Waals surface area contributed by atoms with Crippen molar-refractivity contribution in [1.82, 2.24) is 0 Å². The van der Waals surface area contributed by atoms with Crippen molar-refractivity contribution >= 4 is 17.3 Å². The fraction of sp³-hybridized carbons (Fsp3) is 0.263. The number of ether oxygens (including phenoxy) is 1. The van der Waals surface area contributed by atoms with E-state index in [0.717, 1.165) is 0 Å². The van der Waals surface area contributed by atoms with E-state index in [2.05, 4.69) is 5.32 Å². The maximum absolute atomic E-state index is 12.8. The molecule has 1 atom stereocenters. The third kappa shape index (κ3) is 2.74. The molecule has 1 aliphatic rings. The summed E-state index contributed by atoms with van der Waals surface area (Å²) in [6.07, 6.45) is 0.218. The highest BCUT2D eigenvalue weighted by Crippen LogP contribution is 2.42. The van der Waals surface area contributed by atoms with Gasteiger partial charge in [0.15, 0.2) is 17.3 Å². The summed E-state index contributed by atoms with van der Waals surface area (Å²) in [5.74, 6) is -1.69. The van der Waals surface area contributed by atoms with E-state index in [9.17, 15) is 19.8 Å². The highest BCUT2D eigenvalue weighted by molar-refractivity contribution is 6.30. The second kappa shape index (κ2) is 6.57. The molecule has 25 heavy (non-hydrogen) atoms. The van der Waals surface area contributed by atoms with Crippen LogP contribution in [0.15, 0.2) is 30.3 Å². The van der Waals surface area contributed by atoms with Crippen LogP contribution in [0.2, 0.25) is 0 Å². The molecular formula is C19H19NO5. The Morgan fingerprint density at radius 3 is 2.20 bits per heavy atom. The summed E-state index contributed by atoms with van der Waals surface area (Å²) in [7, 11) is 0. The molecule has 130 valence electrons. The first kappa shape index (κ1) is 17.0. The lowest BCUT2D eigenvalue weighted by Gasteiger charge is -2.23. The SMILES string of the molecule is CCOC(CC)Nc1cc(O)c2c(c1O)C(=O)c1ccccc1C2=O. The average Bonchev–Trinajstić information content (AvgIpc) is 2.61. The highest BCUT2D eigenvalue weighted by atomic mass is 16.5. The molecule has 1 unspecified atom stereocenters. The predicted octanol–water partition coefficient (Wildman–Crippen LogP) is 3.06. The minimum atomic E-state index is -0.494. The highest BCUT2D eigenvalue weighted by Gasteiger charge is 2.35.